The Morgan fingerprint density at radius 3 is 2.91 bits per heavy atom. The fourth-order valence-electron chi connectivity index (χ4n) is 4.05. The number of aliphatic hydroxyl groups is 1. The summed E-state index contributed by atoms with van der Waals surface area (Å²) in [5.74, 6) is 0. The Kier molecular flexibility index (Phi) is 5.80. The van der Waals surface area contributed by atoms with Crippen molar-refractivity contribution >= 4 is 43.8 Å². The highest BCUT2D eigenvalue weighted by molar-refractivity contribution is 7.22. The maximum atomic E-state index is 9.77. The van der Waals surface area contributed by atoms with E-state index in [4.69, 9.17) is 5.11 Å². The van der Waals surface area contributed by atoms with Crippen molar-refractivity contribution in [2.45, 2.75) is 13.5 Å². The molecule has 0 atom stereocenters. The second kappa shape index (κ2) is 9.04. The lowest BCUT2D eigenvalue weighted by atomic mass is 10.1. The summed E-state index contributed by atoms with van der Waals surface area (Å²) in [6, 6.07) is 18.9. The number of pyridine rings is 1. The largest absolute Gasteiger partial charge is 0.395 e. The molecule has 0 saturated carbocycles. The van der Waals surface area contributed by atoms with Crippen molar-refractivity contribution in [2.24, 2.45) is 0 Å². The van der Waals surface area contributed by atoms with Gasteiger partial charge in [0.05, 0.1) is 17.9 Å². The van der Waals surface area contributed by atoms with Crippen LogP contribution in [0.3, 0.4) is 0 Å². The fourth-order valence-corrected chi connectivity index (χ4v) is 5.06. The lowest BCUT2D eigenvalue weighted by molar-refractivity contribution is 0.292. The van der Waals surface area contributed by atoms with Gasteiger partial charge in [0.1, 0.15) is 10.9 Å². The fraction of sp³-hybridized carbons (Fsp3) is 0.154. The van der Waals surface area contributed by atoms with Crippen molar-refractivity contribution in [1.82, 2.24) is 15.3 Å². The van der Waals surface area contributed by atoms with E-state index in [2.05, 4.69) is 63.9 Å². The second-order valence-corrected chi connectivity index (χ2v) is 8.92. The maximum absolute atomic E-state index is 9.77. The highest BCUT2D eigenvalue weighted by Crippen LogP contribution is 2.39. The SMILES string of the molecule is Cc1c(Nc2c(C#N)cnc3sc(-c4cccc(CNCCO)c4)cc23)ccc2[nH]ccc12. The number of fused-ring (bicyclic) bond motifs is 2. The molecule has 7 heteroatoms. The third-order valence-electron chi connectivity index (χ3n) is 5.78. The summed E-state index contributed by atoms with van der Waals surface area (Å²) in [7, 11) is 0. The molecule has 0 aliphatic rings. The standard InChI is InChI=1S/C26H23N5OS/c1-16-20-7-8-29-23(20)6-5-22(16)31-25-19(13-27)15-30-26-21(25)12-24(33-26)18-4-2-3-17(11-18)14-28-9-10-32/h2-8,11-12,15,28-29,32H,9-10,14H2,1H3,(H,30,31). The summed E-state index contributed by atoms with van der Waals surface area (Å²) in [4.78, 5) is 9.78. The number of benzene rings is 2. The zero-order valence-electron chi connectivity index (χ0n) is 18.1. The number of aromatic amines is 1. The molecule has 0 bridgehead atoms. The van der Waals surface area contributed by atoms with Gasteiger partial charge >= 0.3 is 0 Å². The monoisotopic (exact) mass is 453 g/mol. The lowest BCUT2D eigenvalue weighted by Gasteiger charge is -2.12. The minimum Gasteiger partial charge on any atom is -0.395 e. The summed E-state index contributed by atoms with van der Waals surface area (Å²) >= 11 is 1.61. The molecule has 33 heavy (non-hydrogen) atoms. The van der Waals surface area contributed by atoms with E-state index in [1.165, 1.54) is 0 Å². The van der Waals surface area contributed by atoms with Crippen LogP contribution in [0.4, 0.5) is 11.4 Å². The van der Waals surface area contributed by atoms with Gasteiger partial charge in [0, 0.05) is 52.3 Å². The first-order valence-electron chi connectivity index (χ1n) is 10.7. The molecule has 2 aromatic carbocycles. The summed E-state index contributed by atoms with van der Waals surface area (Å²) < 4.78 is 0. The van der Waals surface area contributed by atoms with Crippen LogP contribution in [0.5, 0.6) is 0 Å². The molecule has 6 nitrogen and oxygen atoms in total. The molecule has 0 radical (unpaired) electrons. The predicted octanol–water partition coefficient (Wildman–Crippen LogP) is 5.45. The minimum atomic E-state index is 0.120. The van der Waals surface area contributed by atoms with Gasteiger partial charge in [-0.3, -0.25) is 0 Å². The molecule has 0 saturated heterocycles. The van der Waals surface area contributed by atoms with Gasteiger partial charge in [-0.05, 0) is 53.9 Å². The molecule has 5 aromatic rings. The zero-order chi connectivity index (χ0) is 22.8. The first-order chi connectivity index (χ1) is 16.2. The highest BCUT2D eigenvalue weighted by Gasteiger charge is 2.15. The van der Waals surface area contributed by atoms with E-state index in [1.54, 1.807) is 17.5 Å². The molecule has 3 heterocycles. The number of nitrogens with one attached hydrogen (secondary N) is 3. The number of nitrogens with zero attached hydrogens (tertiary/aromatic N) is 2. The average Bonchev–Trinajstić information content (AvgIpc) is 3.49. The van der Waals surface area contributed by atoms with Crippen LogP contribution in [0, 0.1) is 18.3 Å². The summed E-state index contributed by atoms with van der Waals surface area (Å²) in [5, 5.41) is 27.6. The van der Waals surface area contributed by atoms with Crippen LogP contribution in [0.15, 0.2) is 60.9 Å². The van der Waals surface area contributed by atoms with E-state index in [-0.39, 0.29) is 6.61 Å². The van der Waals surface area contributed by atoms with Crippen LogP contribution in [0.25, 0.3) is 31.6 Å². The van der Waals surface area contributed by atoms with Gasteiger partial charge in [-0.2, -0.15) is 5.26 Å². The molecule has 0 aliphatic heterocycles. The van der Waals surface area contributed by atoms with Crippen LogP contribution in [0.1, 0.15) is 16.7 Å². The van der Waals surface area contributed by atoms with E-state index >= 15 is 0 Å². The summed E-state index contributed by atoms with van der Waals surface area (Å²) in [6.07, 6.45) is 3.58. The molecule has 0 unspecified atom stereocenters. The summed E-state index contributed by atoms with van der Waals surface area (Å²) in [6.45, 7) is 3.47. The van der Waals surface area contributed by atoms with Gasteiger partial charge in [-0.1, -0.05) is 18.2 Å². The lowest BCUT2D eigenvalue weighted by Crippen LogP contribution is -2.17. The molecular formula is C26H23N5OS. The van der Waals surface area contributed by atoms with Crippen molar-refractivity contribution in [3.8, 4) is 16.5 Å². The van der Waals surface area contributed by atoms with Gasteiger partial charge in [0.25, 0.3) is 0 Å². The third kappa shape index (κ3) is 4.08. The Bertz CT molecular complexity index is 1490. The molecule has 4 N–H and O–H groups in total. The van der Waals surface area contributed by atoms with E-state index < -0.39 is 0 Å². The number of hydrogen-bond donors (Lipinski definition) is 4. The Balaban J connectivity index is 1.55. The van der Waals surface area contributed by atoms with Gasteiger partial charge in [-0.15, -0.1) is 11.3 Å². The number of hydrogen-bond acceptors (Lipinski definition) is 6. The summed E-state index contributed by atoms with van der Waals surface area (Å²) in [5.41, 5.74) is 6.74. The van der Waals surface area contributed by atoms with Gasteiger partial charge in [0.15, 0.2) is 0 Å². The smallest absolute Gasteiger partial charge is 0.126 e. The zero-order valence-corrected chi connectivity index (χ0v) is 19.0. The van der Waals surface area contributed by atoms with Crippen molar-refractivity contribution < 1.29 is 5.11 Å². The maximum Gasteiger partial charge on any atom is 0.126 e. The topological polar surface area (TPSA) is 96.8 Å². The van der Waals surface area contributed by atoms with E-state index in [0.717, 1.165) is 54.1 Å². The van der Waals surface area contributed by atoms with Crippen LogP contribution in [0.2, 0.25) is 0 Å². The first-order valence-corrected chi connectivity index (χ1v) is 11.6. The molecule has 0 fully saturated rings. The minimum absolute atomic E-state index is 0.120. The highest BCUT2D eigenvalue weighted by atomic mass is 32.1. The van der Waals surface area contributed by atoms with Crippen LogP contribution >= 0.6 is 11.3 Å². The van der Waals surface area contributed by atoms with E-state index in [1.807, 2.05) is 24.4 Å². The van der Waals surface area contributed by atoms with Crippen molar-refractivity contribution in [1.29, 1.82) is 5.26 Å². The number of rotatable bonds is 7. The van der Waals surface area contributed by atoms with E-state index in [9.17, 15) is 5.26 Å². The number of thiophene rings is 1. The van der Waals surface area contributed by atoms with Crippen LogP contribution < -0.4 is 10.6 Å². The van der Waals surface area contributed by atoms with Gasteiger partial charge in [0.2, 0.25) is 0 Å². The van der Waals surface area contributed by atoms with Crippen molar-refractivity contribution in [3.05, 3.63) is 77.6 Å². The Morgan fingerprint density at radius 2 is 2.06 bits per heavy atom. The van der Waals surface area contributed by atoms with E-state index in [0.29, 0.717) is 18.7 Å². The number of aliphatic hydroxyl groups excluding tert-OH is 1. The number of H-pyrrole nitrogens is 1. The normalized spacial score (nSPS) is 11.2. The Morgan fingerprint density at radius 1 is 1.15 bits per heavy atom. The average molecular weight is 454 g/mol. The number of aryl methyl sites for hydroxylation is 1. The third-order valence-corrected chi connectivity index (χ3v) is 6.87. The van der Waals surface area contributed by atoms with Crippen LogP contribution in [-0.2, 0) is 6.54 Å². The Labute approximate surface area is 195 Å². The van der Waals surface area contributed by atoms with Crippen molar-refractivity contribution in [2.75, 3.05) is 18.5 Å². The molecule has 3 aromatic heterocycles. The number of aromatic nitrogens is 2. The molecule has 0 amide bonds. The van der Waals surface area contributed by atoms with Gasteiger partial charge < -0.3 is 20.7 Å². The van der Waals surface area contributed by atoms with Gasteiger partial charge in [-0.25, -0.2) is 4.98 Å². The Hall–Kier alpha value is -3.70. The van der Waals surface area contributed by atoms with Crippen molar-refractivity contribution in [3.63, 3.8) is 0 Å². The van der Waals surface area contributed by atoms with Crippen LogP contribution in [-0.4, -0.2) is 28.2 Å². The second-order valence-electron chi connectivity index (χ2n) is 7.89. The molecule has 5 rings (SSSR count). The molecule has 0 spiro atoms. The molecule has 164 valence electrons. The molecule has 0 aliphatic carbocycles. The number of nitriles is 1. The first kappa shape index (κ1) is 21.2. The predicted molar refractivity (Wildman–Crippen MR) is 135 cm³/mol. The number of anilines is 2. The quantitative estimate of drug-likeness (QED) is 0.246. The molecular weight excluding hydrogens is 430 g/mol.